The molecule has 0 saturated carbocycles. The monoisotopic (exact) mass is 892 g/mol. The van der Waals surface area contributed by atoms with Gasteiger partial charge in [-0.3, -0.25) is 14.6 Å². The second-order valence-electron chi connectivity index (χ2n) is 17.2. The topological polar surface area (TPSA) is 200 Å². The first-order valence-corrected chi connectivity index (χ1v) is 22.5. The molecule has 3 aromatic heterocycles. The minimum Gasteiger partial charge on any atom is -0.462 e. The highest BCUT2D eigenvalue weighted by Crippen LogP contribution is 2.42. The molecule has 0 radical (unpaired) electrons. The van der Waals surface area contributed by atoms with Crippen LogP contribution in [0.3, 0.4) is 0 Å². The average molecular weight is 894 g/mol. The van der Waals surface area contributed by atoms with Crippen LogP contribution in [0.5, 0.6) is 0 Å². The fraction of sp³-hybridized carbons (Fsp3) is 0.532. The Morgan fingerprint density at radius 2 is 1.66 bits per heavy atom. The molecule has 8 bridgehead atoms. The van der Waals surface area contributed by atoms with Crippen LogP contribution in [0, 0.1) is 26.7 Å². The summed E-state index contributed by atoms with van der Waals surface area (Å²) in [6, 6.07) is 7.76. The molecule has 3 aromatic rings. The molecule has 0 aliphatic carbocycles. The lowest BCUT2D eigenvalue weighted by Crippen LogP contribution is -2.58. The Morgan fingerprint density at radius 1 is 0.984 bits per heavy atom. The molecule has 0 spiro atoms. The van der Waals surface area contributed by atoms with Crippen molar-refractivity contribution < 1.29 is 34.4 Å². The van der Waals surface area contributed by atoms with E-state index in [1.807, 2.05) is 6.08 Å². The number of thioether (sulfide) groups is 1. The summed E-state index contributed by atoms with van der Waals surface area (Å²) in [5.74, 6) is -0.195. The van der Waals surface area contributed by atoms with Crippen LogP contribution in [0.25, 0.3) is 39.3 Å². The van der Waals surface area contributed by atoms with Crippen LogP contribution in [-0.2, 0) is 19.1 Å². The molecular weight excluding hydrogens is 828 g/mol. The van der Waals surface area contributed by atoms with Crippen molar-refractivity contribution in [1.82, 2.24) is 24.8 Å². The third kappa shape index (κ3) is 10.2. The van der Waals surface area contributed by atoms with Crippen LogP contribution < -0.4 is 5.73 Å². The lowest BCUT2D eigenvalue weighted by molar-refractivity contribution is -0.210. The number of nitrogens with two attached hydrogens (primary N) is 1. The number of aryl methyl sites for hydroxylation is 3. The van der Waals surface area contributed by atoms with Gasteiger partial charge in [0.15, 0.2) is 0 Å². The van der Waals surface area contributed by atoms with E-state index in [9.17, 15) is 24.9 Å². The highest BCUT2D eigenvalue weighted by molar-refractivity contribution is 7.99. The molecule has 6 rings (SSSR count). The van der Waals surface area contributed by atoms with Crippen molar-refractivity contribution in [2.75, 3.05) is 26.0 Å². The summed E-state index contributed by atoms with van der Waals surface area (Å²) in [5, 5.41) is 31.7. The van der Waals surface area contributed by atoms with Gasteiger partial charge >= 0.3 is 5.97 Å². The minimum atomic E-state index is -1.48. The standard InChI is InChI=1S/C47H64N6O7S.ClH/c1-11-29-26(7)35-21-38-30(12-2)25(6)34(50-38)20-36-27(8)31(42(52-36)28(9)33-18-24(5)32(49-33)19-37(29)51-35)14-15-40(54)53(10)16-13-17-61-47-45(57)44(56)43(55)39(60-47)22-59-46(58)41(48)23(3)4;/h12,18-21,23,27,31,39,41,43-45,47,49-50,55-57H,2,11,13-17,22,48H2,1,3-10H3;1H/t27-,31-,39+,41?,43+,44-,45+,47-;/m0./s1. The maximum Gasteiger partial charge on any atom is 0.323 e. The van der Waals surface area contributed by atoms with Crippen LogP contribution >= 0.6 is 24.2 Å². The number of carbonyl (C=O) groups is 2. The smallest absolute Gasteiger partial charge is 0.323 e. The number of ether oxygens (including phenoxy) is 2. The Bertz CT molecular complexity index is 2340. The zero-order valence-corrected chi connectivity index (χ0v) is 39.1. The number of aliphatic hydroxyl groups is 3. The molecule has 1 fully saturated rings. The summed E-state index contributed by atoms with van der Waals surface area (Å²) in [5.41, 5.74) is 19.4. The van der Waals surface area contributed by atoms with Crippen molar-refractivity contribution in [2.45, 2.75) is 129 Å². The van der Waals surface area contributed by atoms with Gasteiger partial charge in [-0.2, -0.15) is 0 Å². The number of halogens is 1. The molecule has 6 heterocycles. The highest BCUT2D eigenvalue weighted by atomic mass is 35.5. The molecule has 338 valence electrons. The molecule has 8 atom stereocenters. The summed E-state index contributed by atoms with van der Waals surface area (Å²) in [4.78, 5) is 45.4. The third-order valence-corrected chi connectivity index (χ3v) is 14.0. The van der Waals surface area contributed by atoms with E-state index in [4.69, 9.17) is 25.2 Å². The molecule has 1 amide bonds. The van der Waals surface area contributed by atoms with Gasteiger partial charge in [0.05, 0.1) is 11.4 Å². The van der Waals surface area contributed by atoms with Crippen molar-refractivity contribution in [1.29, 1.82) is 0 Å². The maximum absolute atomic E-state index is 13.7. The number of fused-ring (bicyclic) bond motifs is 8. The number of aliphatic hydroxyl groups excluding tert-OH is 3. The lowest BCUT2D eigenvalue weighted by atomic mass is 9.86. The SMILES string of the molecule is C=Cc1c(C)c2cc3nc(c(C)c4cc(C)c(cc5nc(cc1[nH]2)C(C)=C5CC)[nH]4)[C@@H](CCC(=O)N(C)CCCS[C@@H]1O[C@H](COC(=O)C(N)C(C)C)[C@@H](O)[C@H](O)[C@H]1O)[C@@H]3C.Cl. The summed E-state index contributed by atoms with van der Waals surface area (Å²) in [7, 11) is 1.79. The molecule has 15 heteroatoms. The van der Waals surface area contributed by atoms with Crippen molar-refractivity contribution in [3.63, 3.8) is 0 Å². The summed E-state index contributed by atoms with van der Waals surface area (Å²) in [6.07, 6.45) is -1.00. The van der Waals surface area contributed by atoms with Crippen molar-refractivity contribution in [2.24, 2.45) is 11.7 Å². The maximum atomic E-state index is 13.7. The Labute approximate surface area is 375 Å². The van der Waals surface area contributed by atoms with E-state index in [0.29, 0.717) is 31.6 Å². The first-order chi connectivity index (χ1) is 28.9. The number of esters is 1. The van der Waals surface area contributed by atoms with E-state index < -0.39 is 41.9 Å². The van der Waals surface area contributed by atoms with Gasteiger partial charge in [0.1, 0.15) is 42.5 Å². The van der Waals surface area contributed by atoms with Gasteiger partial charge in [-0.25, -0.2) is 4.98 Å². The van der Waals surface area contributed by atoms with Crippen LogP contribution in [0.2, 0.25) is 0 Å². The minimum absolute atomic E-state index is 0. The second kappa shape index (κ2) is 20.7. The molecule has 7 N–H and O–H groups in total. The van der Waals surface area contributed by atoms with Crippen molar-refractivity contribution in [3.05, 3.63) is 75.9 Å². The molecule has 1 saturated heterocycles. The van der Waals surface area contributed by atoms with Gasteiger partial charge in [-0.15, -0.1) is 24.2 Å². The lowest BCUT2D eigenvalue weighted by Gasteiger charge is -2.40. The predicted molar refractivity (Wildman–Crippen MR) is 251 cm³/mol. The van der Waals surface area contributed by atoms with Gasteiger partial charge in [0.2, 0.25) is 5.91 Å². The summed E-state index contributed by atoms with van der Waals surface area (Å²) in [6.45, 7) is 20.7. The molecule has 3 aliphatic rings. The molecule has 1 unspecified atom stereocenters. The first kappa shape index (κ1) is 49.0. The summed E-state index contributed by atoms with van der Waals surface area (Å²) < 4.78 is 11.1. The van der Waals surface area contributed by atoms with Gasteiger partial charge in [-0.1, -0.05) is 40.3 Å². The Kier molecular flexibility index (Phi) is 16.3. The van der Waals surface area contributed by atoms with E-state index in [1.54, 1.807) is 25.8 Å². The second-order valence-corrected chi connectivity index (χ2v) is 18.4. The number of H-pyrrole nitrogens is 2. The zero-order valence-electron chi connectivity index (χ0n) is 37.4. The third-order valence-electron chi connectivity index (χ3n) is 12.7. The van der Waals surface area contributed by atoms with Gasteiger partial charge < -0.3 is 45.4 Å². The predicted octanol–water partition coefficient (Wildman–Crippen LogP) is 7.23. The Balaban J connectivity index is 0.00000726. The largest absolute Gasteiger partial charge is 0.462 e. The van der Waals surface area contributed by atoms with Gasteiger partial charge in [0.25, 0.3) is 0 Å². The van der Waals surface area contributed by atoms with Crippen molar-refractivity contribution in [3.8, 4) is 0 Å². The van der Waals surface area contributed by atoms with E-state index in [-0.39, 0.29) is 42.7 Å². The van der Waals surface area contributed by atoms with Crippen LogP contribution in [-0.4, -0.2) is 114 Å². The number of amides is 1. The fourth-order valence-corrected chi connectivity index (χ4v) is 9.60. The average Bonchev–Trinajstić information content (AvgIpc) is 3.94. The number of rotatable bonds is 14. The number of nitrogens with one attached hydrogen (secondary N) is 2. The Morgan fingerprint density at radius 3 is 2.34 bits per heavy atom. The molecule has 0 aromatic carbocycles. The number of carbonyl (C=O) groups excluding carboxylic acids is 2. The van der Waals surface area contributed by atoms with Crippen LogP contribution in [0.4, 0.5) is 0 Å². The highest BCUT2D eigenvalue weighted by Gasteiger charge is 2.44. The number of nitrogens with zero attached hydrogens (tertiary/aromatic N) is 3. The summed E-state index contributed by atoms with van der Waals surface area (Å²) >= 11 is 1.27. The molecule has 3 aliphatic heterocycles. The first-order valence-electron chi connectivity index (χ1n) is 21.5. The van der Waals surface area contributed by atoms with E-state index >= 15 is 0 Å². The number of hydrogen-bond acceptors (Lipinski definition) is 11. The van der Waals surface area contributed by atoms with Crippen LogP contribution in [0.1, 0.15) is 117 Å². The van der Waals surface area contributed by atoms with Crippen LogP contribution in [0.15, 0.2) is 30.8 Å². The van der Waals surface area contributed by atoms with Gasteiger partial charge in [-0.05, 0) is 111 Å². The molecule has 62 heavy (non-hydrogen) atoms. The number of allylic oxidation sites excluding steroid dienone is 2. The number of hydrogen-bond donors (Lipinski definition) is 6. The molecular formula is C47H65ClN6O7S. The quantitative estimate of drug-likeness (QED) is 0.0705. The van der Waals surface area contributed by atoms with E-state index in [1.165, 1.54) is 22.9 Å². The fourth-order valence-electron chi connectivity index (χ4n) is 8.49. The number of aromatic amines is 2. The molecule has 13 nitrogen and oxygen atoms in total. The van der Waals surface area contributed by atoms with Gasteiger partial charge in [0, 0.05) is 70.9 Å². The number of aromatic nitrogens is 4. The van der Waals surface area contributed by atoms with Crippen molar-refractivity contribution >= 4 is 75.3 Å². The zero-order chi connectivity index (χ0) is 44.4. The van der Waals surface area contributed by atoms with E-state index in [2.05, 4.69) is 82.4 Å². The normalized spacial score (nSPS) is 23.0. The Hall–Kier alpha value is -4.02. The van der Waals surface area contributed by atoms with E-state index in [0.717, 1.165) is 73.5 Å².